The summed E-state index contributed by atoms with van der Waals surface area (Å²) < 4.78 is 0. The number of carbonyl (C=O) groups is 1. The van der Waals surface area contributed by atoms with E-state index in [0.29, 0.717) is 17.3 Å². The first-order valence-corrected chi connectivity index (χ1v) is 9.78. The summed E-state index contributed by atoms with van der Waals surface area (Å²) in [6, 6.07) is 7.42. The van der Waals surface area contributed by atoms with Crippen LogP contribution in [0.15, 0.2) is 40.5 Å². The second-order valence-electron chi connectivity index (χ2n) is 7.29. The van der Waals surface area contributed by atoms with Gasteiger partial charge in [0.25, 0.3) is 5.91 Å². The van der Waals surface area contributed by atoms with Crippen molar-refractivity contribution in [2.75, 3.05) is 7.05 Å². The molecule has 0 heterocycles. The first kappa shape index (κ1) is 20.5. The third-order valence-corrected chi connectivity index (χ3v) is 5.51. The SMILES string of the molecule is CCCC/C(C(=NC)C1(C)CCC1)=C(/N)C(=O)NCc1ccc(Cl)cc1. The summed E-state index contributed by atoms with van der Waals surface area (Å²) >= 11 is 5.90. The van der Waals surface area contributed by atoms with Gasteiger partial charge in [-0.05, 0) is 43.4 Å². The molecule has 4 nitrogen and oxygen atoms in total. The van der Waals surface area contributed by atoms with E-state index in [4.69, 9.17) is 17.3 Å². The molecule has 0 aromatic heterocycles. The molecule has 3 N–H and O–H groups in total. The van der Waals surface area contributed by atoms with Gasteiger partial charge in [0.1, 0.15) is 5.70 Å². The number of allylic oxidation sites excluding steroid dienone is 1. The minimum Gasteiger partial charge on any atom is -0.394 e. The second kappa shape index (κ2) is 9.22. The van der Waals surface area contributed by atoms with Gasteiger partial charge in [0, 0.05) is 35.3 Å². The molecule has 0 aliphatic heterocycles. The minimum atomic E-state index is -0.227. The van der Waals surface area contributed by atoms with E-state index >= 15 is 0 Å². The van der Waals surface area contributed by atoms with Gasteiger partial charge in [-0.2, -0.15) is 0 Å². The van der Waals surface area contributed by atoms with Gasteiger partial charge in [0.15, 0.2) is 0 Å². The summed E-state index contributed by atoms with van der Waals surface area (Å²) in [6.45, 7) is 4.79. The molecule has 0 saturated heterocycles. The van der Waals surface area contributed by atoms with Crippen LogP contribution in [0.1, 0.15) is 57.9 Å². The van der Waals surface area contributed by atoms with Gasteiger partial charge in [0.2, 0.25) is 0 Å². The smallest absolute Gasteiger partial charge is 0.267 e. The number of aliphatic imine (C=N–C) groups is 1. The molecule has 0 radical (unpaired) electrons. The number of amides is 1. The lowest BCUT2D eigenvalue weighted by Gasteiger charge is -2.40. The molecule has 1 aliphatic rings. The molecule has 1 aromatic rings. The van der Waals surface area contributed by atoms with Crippen LogP contribution in [-0.2, 0) is 11.3 Å². The van der Waals surface area contributed by atoms with Crippen molar-refractivity contribution in [2.24, 2.45) is 16.1 Å². The highest BCUT2D eigenvalue weighted by Gasteiger charge is 2.39. The van der Waals surface area contributed by atoms with Gasteiger partial charge in [0.05, 0.1) is 0 Å². The zero-order valence-corrected chi connectivity index (χ0v) is 16.8. The number of hydrogen-bond acceptors (Lipinski definition) is 3. The summed E-state index contributed by atoms with van der Waals surface area (Å²) in [5.41, 5.74) is 9.59. The first-order valence-electron chi connectivity index (χ1n) is 9.40. The third kappa shape index (κ3) is 4.88. The van der Waals surface area contributed by atoms with Crippen LogP contribution in [0.3, 0.4) is 0 Å². The van der Waals surface area contributed by atoms with Crippen molar-refractivity contribution in [3.8, 4) is 0 Å². The Morgan fingerprint density at radius 2 is 1.96 bits per heavy atom. The van der Waals surface area contributed by atoms with Crippen molar-refractivity contribution in [1.82, 2.24) is 5.32 Å². The van der Waals surface area contributed by atoms with Crippen LogP contribution in [0.5, 0.6) is 0 Å². The molecular formula is C21H30ClN3O. The molecule has 1 fully saturated rings. The molecule has 2 rings (SSSR count). The predicted molar refractivity (Wildman–Crippen MR) is 109 cm³/mol. The van der Waals surface area contributed by atoms with E-state index in [0.717, 1.165) is 49.0 Å². The number of benzene rings is 1. The maximum atomic E-state index is 12.7. The largest absolute Gasteiger partial charge is 0.394 e. The molecule has 142 valence electrons. The monoisotopic (exact) mass is 375 g/mol. The van der Waals surface area contributed by atoms with Gasteiger partial charge in [-0.1, -0.05) is 50.4 Å². The summed E-state index contributed by atoms with van der Waals surface area (Å²) in [4.78, 5) is 17.2. The van der Waals surface area contributed by atoms with Crippen LogP contribution in [0.25, 0.3) is 0 Å². The van der Waals surface area contributed by atoms with E-state index in [-0.39, 0.29) is 11.3 Å². The average molecular weight is 376 g/mol. The van der Waals surface area contributed by atoms with Crippen molar-refractivity contribution in [3.63, 3.8) is 0 Å². The number of halogens is 1. The van der Waals surface area contributed by atoms with Crippen LogP contribution in [0, 0.1) is 5.41 Å². The van der Waals surface area contributed by atoms with E-state index in [1.54, 1.807) is 0 Å². The van der Waals surface area contributed by atoms with E-state index in [9.17, 15) is 4.79 Å². The Hall–Kier alpha value is -1.81. The standard InChI is InChI=1S/C21H30ClN3O/c1-4-5-7-17(19(24-3)21(2)12-6-13-21)18(23)20(26)25-14-15-8-10-16(22)11-9-15/h8-11H,4-7,12-14,23H2,1-3H3,(H,25,26)/b18-17-,24-19?. The second-order valence-corrected chi connectivity index (χ2v) is 7.73. The maximum absolute atomic E-state index is 12.7. The zero-order chi connectivity index (χ0) is 19.2. The molecule has 1 saturated carbocycles. The Labute approximate surface area is 161 Å². The van der Waals surface area contributed by atoms with Gasteiger partial charge in [-0.3, -0.25) is 9.79 Å². The topological polar surface area (TPSA) is 67.5 Å². The van der Waals surface area contributed by atoms with Gasteiger partial charge in [-0.15, -0.1) is 0 Å². The Bertz CT molecular complexity index is 688. The average Bonchev–Trinajstić information content (AvgIpc) is 2.62. The van der Waals surface area contributed by atoms with Crippen LogP contribution in [0.2, 0.25) is 5.02 Å². The molecule has 1 aliphatic carbocycles. The van der Waals surface area contributed by atoms with Gasteiger partial charge < -0.3 is 11.1 Å². The minimum absolute atomic E-state index is 0.0545. The Balaban J connectivity index is 2.17. The maximum Gasteiger partial charge on any atom is 0.267 e. The lowest BCUT2D eigenvalue weighted by Crippen LogP contribution is -2.39. The molecule has 1 aromatic carbocycles. The lowest BCUT2D eigenvalue weighted by molar-refractivity contribution is -0.117. The Morgan fingerprint density at radius 3 is 2.46 bits per heavy atom. The highest BCUT2D eigenvalue weighted by atomic mass is 35.5. The molecule has 0 unspecified atom stereocenters. The van der Waals surface area contributed by atoms with Crippen LogP contribution in [-0.4, -0.2) is 18.7 Å². The fraction of sp³-hybridized carbons (Fsp3) is 0.524. The summed E-state index contributed by atoms with van der Waals surface area (Å²) in [6.07, 6.45) is 6.26. The number of nitrogens with two attached hydrogens (primary N) is 1. The summed E-state index contributed by atoms with van der Waals surface area (Å²) in [7, 11) is 1.81. The summed E-state index contributed by atoms with van der Waals surface area (Å²) in [5, 5.41) is 3.60. The molecule has 1 amide bonds. The van der Waals surface area contributed by atoms with E-state index in [2.05, 4.69) is 24.2 Å². The molecule has 0 bridgehead atoms. The highest BCUT2D eigenvalue weighted by molar-refractivity contribution is 6.30. The zero-order valence-electron chi connectivity index (χ0n) is 16.1. The summed E-state index contributed by atoms with van der Waals surface area (Å²) in [5.74, 6) is -0.227. The van der Waals surface area contributed by atoms with Gasteiger partial charge >= 0.3 is 0 Å². The Morgan fingerprint density at radius 1 is 1.31 bits per heavy atom. The van der Waals surface area contributed by atoms with Crippen molar-refractivity contribution in [3.05, 3.63) is 46.1 Å². The van der Waals surface area contributed by atoms with Crippen molar-refractivity contribution < 1.29 is 4.79 Å². The number of carbonyl (C=O) groups excluding carboxylic acids is 1. The molecular weight excluding hydrogens is 346 g/mol. The number of hydrogen-bond donors (Lipinski definition) is 2. The molecule has 26 heavy (non-hydrogen) atoms. The van der Waals surface area contributed by atoms with Crippen LogP contribution >= 0.6 is 11.6 Å². The Kier molecular flexibility index (Phi) is 7.27. The number of rotatable bonds is 8. The van der Waals surface area contributed by atoms with E-state index < -0.39 is 0 Å². The number of nitrogens with one attached hydrogen (secondary N) is 1. The third-order valence-electron chi connectivity index (χ3n) is 5.25. The van der Waals surface area contributed by atoms with Crippen LogP contribution in [0.4, 0.5) is 0 Å². The highest BCUT2D eigenvalue weighted by Crippen LogP contribution is 2.44. The molecule has 5 heteroatoms. The number of nitrogens with zero attached hydrogens (tertiary/aromatic N) is 1. The van der Waals surface area contributed by atoms with Gasteiger partial charge in [-0.25, -0.2) is 0 Å². The lowest BCUT2D eigenvalue weighted by atomic mass is 9.64. The first-order chi connectivity index (χ1) is 12.4. The van der Waals surface area contributed by atoms with E-state index in [1.165, 1.54) is 6.42 Å². The van der Waals surface area contributed by atoms with E-state index in [1.807, 2.05) is 31.3 Å². The van der Waals surface area contributed by atoms with Crippen molar-refractivity contribution >= 4 is 23.2 Å². The fourth-order valence-corrected chi connectivity index (χ4v) is 3.59. The predicted octanol–water partition coefficient (Wildman–Crippen LogP) is 4.62. The molecule has 0 atom stereocenters. The molecule has 0 spiro atoms. The van der Waals surface area contributed by atoms with Crippen molar-refractivity contribution in [1.29, 1.82) is 0 Å². The van der Waals surface area contributed by atoms with Crippen molar-refractivity contribution in [2.45, 2.75) is 58.9 Å². The fourth-order valence-electron chi connectivity index (χ4n) is 3.46. The number of unbranched alkanes of at least 4 members (excludes halogenated alkanes) is 1. The normalized spacial score (nSPS) is 17.3. The quantitative estimate of drug-likeness (QED) is 0.514. The van der Waals surface area contributed by atoms with Crippen LogP contribution < -0.4 is 11.1 Å².